The number of rotatable bonds is 9. The summed E-state index contributed by atoms with van der Waals surface area (Å²) in [5.74, 6) is 1.15. The van der Waals surface area contributed by atoms with Crippen molar-refractivity contribution in [2.45, 2.75) is 89.6 Å². The van der Waals surface area contributed by atoms with Gasteiger partial charge in [-0.25, -0.2) is 0 Å². The number of unbranched alkanes of at least 4 members (excludes halogenated alkanes) is 6. The largest absolute Gasteiger partial charge is 0.389 e. The van der Waals surface area contributed by atoms with E-state index < -0.39 is 12.6 Å². The molecule has 0 atom stereocenters. The molecule has 0 amide bonds. The molecular weight excluding hydrogens is 265 g/mol. The highest BCUT2D eigenvalue weighted by molar-refractivity contribution is 5.78. The maximum Gasteiger partial charge on any atom is 0.389 e. The van der Waals surface area contributed by atoms with Gasteiger partial charge in [0.05, 0.1) is 0 Å². The van der Waals surface area contributed by atoms with Crippen LogP contribution in [0.1, 0.15) is 83.5 Å². The highest BCUT2D eigenvalue weighted by Gasteiger charge is 2.25. The van der Waals surface area contributed by atoms with E-state index in [0.717, 1.165) is 50.9 Å². The molecule has 4 heteroatoms. The third-order valence-corrected chi connectivity index (χ3v) is 4.24. The van der Waals surface area contributed by atoms with E-state index >= 15 is 0 Å². The van der Waals surface area contributed by atoms with Gasteiger partial charge in [-0.2, -0.15) is 13.2 Å². The molecule has 0 radical (unpaired) electrons. The Bertz CT molecular complexity index is 263. The van der Waals surface area contributed by atoms with Crippen LogP contribution in [0.15, 0.2) is 0 Å². The number of carbonyl (C=O) groups is 1. The average Bonchev–Trinajstić information content (AvgIpc) is 2.37. The van der Waals surface area contributed by atoms with Crippen molar-refractivity contribution in [3.05, 3.63) is 0 Å². The zero-order valence-corrected chi connectivity index (χ0v) is 12.3. The molecule has 0 unspecified atom stereocenters. The molecule has 0 saturated heterocycles. The van der Waals surface area contributed by atoms with E-state index in [-0.39, 0.29) is 6.42 Å². The molecule has 1 saturated carbocycles. The van der Waals surface area contributed by atoms with Crippen molar-refractivity contribution < 1.29 is 18.0 Å². The Hall–Kier alpha value is -0.540. The monoisotopic (exact) mass is 292 g/mol. The smallest absolute Gasteiger partial charge is 0.300 e. The van der Waals surface area contributed by atoms with Crippen molar-refractivity contribution in [2.75, 3.05) is 0 Å². The molecule has 1 rings (SSSR count). The van der Waals surface area contributed by atoms with Crippen molar-refractivity contribution in [1.29, 1.82) is 0 Å². The normalized spacial score (nSPS) is 17.6. The lowest BCUT2D eigenvalue weighted by molar-refractivity contribution is -0.135. The third kappa shape index (κ3) is 9.38. The van der Waals surface area contributed by atoms with Gasteiger partial charge in [-0.1, -0.05) is 44.9 Å². The number of ketones is 1. The molecule has 1 aliphatic rings. The first-order valence-electron chi connectivity index (χ1n) is 8.06. The van der Waals surface area contributed by atoms with Crippen molar-refractivity contribution in [2.24, 2.45) is 5.92 Å². The summed E-state index contributed by atoms with van der Waals surface area (Å²) in [5, 5.41) is 0. The quantitative estimate of drug-likeness (QED) is 0.489. The van der Waals surface area contributed by atoms with Gasteiger partial charge >= 0.3 is 6.18 Å². The lowest BCUT2D eigenvalue weighted by Gasteiger charge is -2.20. The van der Waals surface area contributed by atoms with Gasteiger partial charge in [-0.05, 0) is 25.2 Å². The van der Waals surface area contributed by atoms with Crippen LogP contribution in [0.2, 0.25) is 0 Å². The van der Waals surface area contributed by atoms with E-state index in [1.165, 1.54) is 19.3 Å². The second-order valence-electron chi connectivity index (χ2n) is 6.11. The number of hydrogen-bond acceptors (Lipinski definition) is 1. The van der Waals surface area contributed by atoms with E-state index in [1.807, 2.05) is 0 Å². The van der Waals surface area contributed by atoms with Gasteiger partial charge in [0.1, 0.15) is 5.78 Å². The van der Waals surface area contributed by atoms with Gasteiger partial charge in [0, 0.05) is 19.3 Å². The summed E-state index contributed by atoms with van der Waals surface area (Å²) in [6.07, 6.45) is 6.76. The minimum absolute atomic E-state index is 0.277. The number of carbonyl (C=O) groups excluding carboxylic acids is 1. The highest BCUT2D eigenvalue weighted by atomic mass is 19.4. The van der Waals surface area contributed by atoms with Crippen LogP contribution < -0.4 is 0 Å². The first-order valence-corrected chi connectivity index (χ1v) is 8.06. The van der Waals surface area contributed by atoms with Crippen LogP contribution in [-0.4, -0.2) is 12.0 Å². The molecule has 1 aliphatic carbocycles. The first kappa shape index (κ1) is 17.5. The maximum absolute atomic E-state index is 11.9. The topological polar surface area (TPSA) is 17.1 Å². The summed E-state index contributed by atoms with van der Waals surface area (Å²) in [7, 11) is 0. The van der Waals surface area contributed by atoms with Gasteiger partial charge < -0.3 is 0 Å². The van der Waals surface area contributed by atoms with Gasteiger partial charge in [0.15, 0.2) is 0 Å². The standard InChI is InChI=1S/C16H27F3O/c17-16(18,19)13-7-5-3-1-2-4-6-8-14-9-11-15(20)12-10-14/h14H,1-13H2. The van der Waals surface area contributed by atoms with Crippen LogP contribution in [-0.2, 0) is 4.79 Å². The van der Waals surface area contributed by atoms with Crippen LogP contribution >= 0.6 is 0 Å². The Balaban J connectivity index is 1.82. The summed E-state index contributed by atoms with van der Waals surface area (Å²) in [6.45, 7) is 0. The molecule has 0 spiro atoms. The van der Waals surface area contributed by atoms with E-state index in [4.69, 9.17) is 0 Å². The van der Waals surface area contributed by atoms with Crippen molar-refractivity contribution >= 4 is 5.78 Å². The van der Waals surface area contributed by atoms with Crippen LogP contribution in [0.4, 0.5) is 13.2 Å². The second kappa shape index (κ2) is 9.41. The summed E-state index contributed by atoms with van der Waals surface area (Å²) in [5.41, 5.74) is 0. The van der Waals surface area contributed by atoms with Crippen LogP contribution in [0.5, 0.6) is 0 Å². The minimum atomic E-state index is -3.98. The van der Waals surface area contributed by atoms with E-state index in [0.29, 0.717) is 12.2 Å². The molecule has 1 nitrogen and oxygen atoms in total. The molecule has 0 heterocycles. The predicted molar refractivity (Wildman–Crippen MR) is 74.6 cm³/mol. The highest BCUT2D eigenvalue weighted by Crippen LogP contribution is 2.27. The Labute approximate surface area is 120 Å². The van der Waals surface area contributed by atoms with Gasteiger partial charge in [-0.15, -0.1) is 0 Å². The van der Waals surface area contributed by atoms with Crippen LogP contribution in [0, 0.1) is 5.92 Å². The van der Waals surface area contributed by atoms with Gasteiger partial charge in [-0.3, -0.25) is 4.79 Å². The molecule has 1 fully saturated rings. The molecule has 0 aromatic carbocycles. The number of Topliss-reactive ketones (excluding diaryl/α,β-unsaturated/α-hetero) is 1. The van der Waals surface area contributed by atoms with E-state index in [1.54, 1.807) is 0 Å². The third-order valence-electron chi connectivity index (χ3n) is 4.24. The summed E-state index contributed by atoms with van der Waals surface area (Å²) in [4.78, 5) is 11.1. The predicted octanol–water partition coefficient (Wildman–Crippen LogP) is 5.82. The summed E-state index contributed by atoms with van der Waals surface area (Å²) < 4.78 is 35.7. The van der Waals surface area contributed by atoms with Crippen LogP contribution in [0.3, 0.4) is 0 Å². The molecular formula is C16H27F3O. The molecule has 0 bridgehead atoms. The summed E-state index contributed by atoms with van der Waals surface area (Å²) in [6, 6.07) is 0. The maximum atomic E-state index is 11.9. The van der Waals surface area contributed by atoms with Crippen molar-refractivity contribution in [3.8, 4) is 0 Å². The van der Waals surface area contributed by atoms with Crippen molar-refractivity contribution in [3.63, 3.8) is 0 Å². The zero-order chi connectivity index (χ0) is 14.8. The number of halogens is 3. The molecule has 0 aromatic heterocycles. The fraction of sp³-hybridized carbons (Fsp3) is 0.938. The molecule has 0 aromatic rings. The molecule has 0 aliphatic heterocycles. The van der Waals surface area contributed by atoms with E-state index in [2.05, 4.69) is 0 Å². The minimum Gasteiger partial charge on any atom is -0.300 e. The fourth-order valence-corrected chi connectivity index (χ4v) is 2.93. The summed E-state index contributed by atoms with van der Waals surface area (Å²) >= 11 is 0. The van der Waals surface area contributed by atoms with E-state index in [9.17, 15) is 18.0 Å². The first-order chi connectivity index (χ1) is 9.47. The Morgan fingerprint density at radius 1 is 0.850 bits per heavy atom. The number of alkyl halides is 3. The lowest BCUT2D eigenvalue weighted by atomic mass is 9.85. The Morgan fingerprint density at radius 2 is 1.35 bits per heavy atom. The molecule has 0 N–H and O–H groups in total. The average molecular weight is 292 g/mol. The Morgan fingerprint density at radius 3 is 1.90 bits per heavy atom. The molecule has 20 heavy (non-hydrogen) atoms. The Kier molecular flexibility index (Phi) is 8.24. The fourth-order valence-electron chi connectivity index (χ4n) is 2.93. The SMILES string of the molecule is O=C1CCC(CCCCCCCCCC(F)(F)F)CC1. The lowest BCUT2D eigenvalue weighted by Crippen LogP contribution is -2.13. The number of hydrogen-bond donors (Lipinski definition) is 0. The van der Waals surface area contributed by atoms with Crippen molar-refractivity contribution in [1.82, 2.24) is 0 Å². The second-order valence-corrected chi connectivity index (χ2v) is 6.11. The van der Waals surface area contributed by atoms with Gasteiger partial charge in [0.2, 0.25) is 0 Å². The molecule has 118 valence electrons. The van der Waals surface area contributed by atoms with Gasteiger partial charge in [0.25, 0.3) is 0 Å². The van der Waals surface area contributed by atoms with Crippen LogP contribution in [0.25, 0.3) is 0 Å². The zero-order valence-electron chi connectivity index (χ0n) is 12.3.